The zero-order chi connectivity index (χ0) is 12.3. The monoisotopic (exact) mass is 223 g/mol. The molecule has 16 heavy (non-hydrogen) atoms. The maximum Gasteiger partial charge on any atom is 0.240 e. The number of carbonyl (C=O) groups is 1. The number of primary amides is 1. The van der Waals surface area contributed by atoms with E-state index in [4.69, 9.17) is 11.5 Å². The van der Waals surface area contributed by atoms with Crippen molar-refractivity contribution in [3.05, 3.63) is 11.9 Å². The van der Waals surface area contributed by atoms with E-state index in [0.717, 1.165) is 0 Å². The topological polar surface area (TPSA) is 107 Å². The first kappa shape index (κ1) is 12.2. The highest BCUT2D eigenvalue weighted by Crippen LogP contribution is 2.12. The van der Waals surface area contributed by atoms with E-state index in [-0.39, 0.29) is 5.92 Å². The van der Waals surface area contributed by atoms with Gasteiger partial charge in [0.15, 0.2) is 0 Å². The van der Waals surface area contributed by atoms with E-state index in [1.807, 2.05) is 13.8 Å². The van der Waals surface area contributed by atoms with Crippen LogP contribution in [0.15, 0.2) is 6.07 Å². The van der Waals surface area contributed by atoms with Gasteiger partial charge in [-0.1, -0.05) is 13.8 Å². The highest BCUT2D eigenvalue weighted by molar-refractivity contribution is 5.83. The number of nitrogen functional groups attached to an aromatic ring is 1. The molecule has 0 bridgehead atoms. The second-order valence-electron chi connectivity index (χ2n) is 3.99. The summed E-state index contributed by atoms with van der Waals surface area (Å²) in [5.74, 6) is 1.10. The van der Waals surface area contributed by atoms with Gasteiger partial charge in [-0.25, -0.2) is 9.97 Å². The molecule has 1 aromatic heterocycles. The van der Waals surface area contributed by atoms with Crippen LogP contribution in [0.4, 0.5) is 11.6 Å². The first-order valence-corrected chi connectivity index (χ1v) is 5.07. The van der Waals surface area contributed by atoms with E-state index in [0.29, 0.717) is 17.5 Å². The normalized spacial score (nSPS) is 12.5. The first-order chi connectivity index (χ1) is 7.40. The van der Waals surface area contributed by atoms with Gasteiger partial charge in [0, 0.05) is 6.07 Å². The fourth-order valence-corrected chi connectivity index (χ4v) is 1.39. The predicted octanol–water partition coefficient (Wildman–Crippen LogP) is 0.289. The van der Waals surface area contributed by atoms with Crippen molar-refractivity contribution in [1.82, 2.24) is 9.97 Å². The number of aromatic nitrogens is 2. The van der Waals surface area contributed by atoms with E-state index in [2.05, 4.69) is 15.3 Å². The molecule has 1 unspecified atom stereocenters. The minimum Gasteiger partial charge on any atom is -0.384 e. The molecule has 6 heteroatoms. The predicted molar refractivity (Wildman–Crippen MR) is 62.6 cm³/mol. The maximum atomic E-state index is 11.2. The number of aryl methyl sites for hydroxylation is 1. The highest BCUT2D eigenvalue weighted by atomic mass is 16.1. The summed E-state index contributed by atoms with van der Waals surface area (Å²) in [6.07, 6.45) is 0. The molecule has 6 nitrogen and oxygen atoms in total. The van der Waals surface area contributed by atoms with Gasteiger partial charge in [-0.3, -0.25) is 4.79 Å². The van der Waals surface area contributed by atoms with E-state index in [1.54, 1.807) is 13.0 Å². The van der Waals surface area contributed by atoms with Crippen LogP contribution >= 0.6 is 0 Å². The Morgan fingerprint density at radius 3 is 2.50 bits per heavy atom. The van der Waals surface area contributed by atoms with Crippen molar-refractivity contribution >= 4 is 17.5 Å². The zero-order valence-electron chi connectivity index (χ0n) is 9.69. The smallest absolute Gasteiger partial charge is 0.240 e. The van der Waals surface area contributed by atoms with Crippen molar-refractivity contribution in [3.63, 3.8) is 0 Å². The van der Waals surface area contributed by atoms with Gasteiger partial charge in [0.2, 0.25) is 5.91 Å². The summed E-state index contributed by atoms with van der Waals surface area (Å²) in [6, 6.07) is 1.11. The molecule has 1 rings (SSSR count). The molecule has 0 saturated carbocycles. The van der Waals surface area contributed by atoms with Crippen LogP contribution in [0, 0.1) is 12.8 Å². The number of rotatable bonds is 4. The summed E-state index contributed by atoms with van der Waals surface area (Å²) in [4.78, 5) is 19.3. The average Bonchev–Trinajstić information content (AvgIpc) is 2.11. The zero-order valence-corrected chi connectivity index (χ0v) is 9.69. The van der Waals surface area contributed by atoms with Gasteiger partial charge in [0.25, 0.3) is 0 Å². The van der Waals surface area contributed by atoms with Crippen LogP contribution in [0.3, 0.4) is 0 Å². The minimum absolute atomic E-state index is 0.0778. The Labute approximate surface area is 94.5 Å². The largest absolute Gasteiger partial charge is 0.384 e. The minimum atomic E-state index is -0.464. The molecule has 1 heterocycles. The van der Waals surface area contributed by atoms with E-state index < -0.39 is 11.9 Å². The lowest BCUT2D eigenvalue weighted by Gasteiger charge is -2.19. The Kier molecular flexibility index (Phi) is 3.65. The Morgan fingerprint density at radius 2 is 2.06 bits per heavy atom. The van der Waals surface area contributed by atoms with Crippen LogP contribution in [0.1, 0.15) is 19.7 Å². The average molecular weight is 223 g/mol. The lowest BCUT2D eigenvalue weighted by atomic mass is 10.0. The number of nitrogens with one attached hydrogen (secondary N) is 1. The SMILES string of the molecule is Cc1nc(N)cc(NC(C(N)=O)C(C)C)n1. The molecule has 1 atom stereocenters. The van der Waals surface area contributed by atoms with Crippen LogP contribution in [-0.2, 0) is 4.79 Å². The maximum absolute atomic E-state index is 11.2. The molecule has 0 aliphatic carbocycles. The summed E-state index contributed by atoms with van der Waals surface area (Å²) < 4.78 is 0. The Balaban J connectivity index is 2.89. The Morgan fingerprint density at radius 1 is 1.44 bits per heavy atom. The van der Waals surface area contributed by atoms with Crippen LogP contribution in [0.25, 0.3) is 0 Å². The molecular weight excluding hydrogens is 206 g/mol. The highest BCUT2D eigenvalue weighted by Gasteiger charge is 2.19. The van der Waals surface area contributed by atoms with Gasteiger partial charge in [0.1, 0.15) is 23.5 Å². The summed E-state index contributed by atoms with van der Waals surface area (Å²) in [6.45, 7) is 5.54. The summed E-state index contributed by atoms with van der Waals surface area (Å²) in [5.41, 5.74) is 10.9. The van der Waals surface area contributed by atoms with Crippen molar-refractivity contribution < 1.29 is 4.79 Å². The second kappa shape index (κ2) is 4.78. The molecule has 1 aromatic rings. The first-order valence-electron chi connectivity index (χ1n) is 5.07. The van der Waals surface area contributed by atoms with Gasteiger partial charge < -0.3 is 16.8 Å². The summed E-state index contributed by atoms with van der Waals surface area (Å²) in [7, 11) is 0. The van der Waals surface area contributed by atoms with Crippen LogP contribution in [-0.4, -0.2) is 21.9 Å². The molecule has 5 N–H and O–H groups in total. The number of carbonyl (C=O) groups excluding carboxylic acids is 1. The molecule has 0 aliphatic rings. The van der Waals surface area contributed by atoms with Crippen molar-refractivity contribution in [2.24, 2.45) is 11.7 Å². The molecule has 0 radical (unpaired) electrons. The molecule has 88 valence electrons. The van der Waals surface area contributed by atoms with Gasteiger partial charge in [-0.05, 0) is 12.8 Å². The fourth-order valence-electron chi connectivity index (χ4n) is 1.39. The number of amides is 1. The van der Waals surface area contributed by atoms with Crippen molar-refractivity contribution in [1.29, 1.82) is 0 Å². The number of nitrogens with zero attached hydrogens (tertiary/aromatic N) is 2. The van der Waals surface area contributed by atoms with Gasteiger partial charge in [0.05, 0.1) is 0 Å². The molecule has 0 fully saturated rings. The Bertz CT molecular complexity index is 371. The molecule has 1 amide bonds. The summed E-state index contributed by atoms with van der Waals surface area (Å²) in [5, 5.41) is 2.95. The van der Waals surface area contributed by atoms with Crippen LogP contribution < -0.4 is 16.8 Å². The van der Waals surface area contributed by atoms with Crippen molar-refractivity contribution in [2.45, 2.75) is 26.8 Å². The molecule has 0 saturated heterocycles. The van der Waals surface area contributed by atoms with Crippen molar-refractivity contribution in [3.8, 4) is 0 Å². The third-order valence-electron chi connectivity index (χ3n) is 2.13. The van der Waals surface area contributed by atoms with E-state index in [9.17, 15) is 4.79 Å². The van der Waals surface area contributed by atoms with Crippen molar-refractivity contribution in [2.75, 3.05) is 11.1 Å². The number of hydrogen-bond donors (Lipinski definition) is 3. The third-order valence-corrected chi connectivity index (χ3v) is 2.13. The van der Waals surface area contributed by atoms with Gasteiger partial charge in [-0.15, -0.1) is 0 Å². The number of hydrogen-bond acceptors (Lipinski definition) is 5. The van der Waals surface area contributed by atoms with Gasteiger partial charge in [-0.2, -0.15) is 0 Å². The lowest BCUT2D eigenvalue weighted by molar-refractivity contribution is -0.119. The third kappa shape index (κ3) is 3.08. The lowest BCUT2D eigenvalue weighted by Crippen LogP contribution is -2.39. The van der Waals surface area contributed by atoms with E-state index >= 15 is 0 Å². The second-order valence-corrected chi connectivity index (χ2v) is 3.99. The quantitative estimate of drug-likeness (QED) is 0.680. The number of anilines is 2. The molecule has 0 aromatic carbocycles. The van der Waals surface area contributed by atoms with Gasteiger partial charge >= 0.3 is 0 Å². The fraction of sp³-hybridized carbons (Fsp3) is 0.500. The number of nitrogens with two attached hydrogens (primary N) is 2. The van der Waals surface area contributed by atoms with Crippen LogP contribution in [0.5, 0.6) is 0 Å². The molecule has 0 aliphatic heterocycles. The molecule has 0 spiro atoms. The summed E-state index contributed by atoms with van der Waals surface area (Å²) >= 11 is 0. The molecular formula is C10H17N5O. The Hall–Kier alpha value is -1.85. The van der Waals surface area contributed by atoms with E-state index in [1.165, 1.54) is 0 Å². The standard InChI is InChI=1S/C10H17N5O/c1-5(2)9(10(12)16)15-8-4-7(11)13-6(3)14-8/h4-5,9H,1-3H3,(H2,12,16)(H3,11,13,14,15). The van der Waals surface area contributed by atoms with Crippen LogP contribution in [0.2, 0.25) is 0 Å².